The molecule has 1 unspecified atom stereocenters. The molecule has 0 amide bonds. The minimum Gasteiger partial charge on any atom is -0.477 e. The van der Waals surface area contributed by atoms with Crippen LogP contribution in [0.4, 0.5) is 13.2 Å². The number of nitrogens with zero attached hydrogens (tertiary/aromatic N) is 3. The number of rotatable bonds is 3. The first-order valence-corrected chi connectivity index (χ1v) is 5.49. The van der Waals surface area contributed by atoms with Gasteiger partial charge in [0.05, 0.1) is 6.61 Å². The largest absolute Gasteiger partial charge is 0.477 e. The van der Waals surface area contributed by atoms with E-state index in [0.717, 1.165) is 12.4 Å². The van der Waals surface area contributed by atoms with Crippen molar-refractivity contribution in [2.75, 3.05) is 6.61 Å². The zero-order valence-electron chi connectivity index (χ0n) is 9.98. The molecule has 0 aliphatic carbocycles. The molecule has 0 aromatic carbocycles. The summed E-state index contributed by atoms with van der Waals surface area (Å²) in [6, 6.07) is 0. The molecule has 102 valence electrons. The molecule has 1 N–H and O–H groups in total. The smallest absolute Gasteiger partial charge is 0.422 e. The SMILES string of the molecule is CCOc1nccnc1C1(C(F)(F)F)C=NC=CN1. The average molecular weight is 272 g/mol. The van der Waals surface area contributed by atoms with Gasteiger partial charge in [0.1, 0.15) is 5.69 Å². The fourth-order valence-corrected chi connectivity index (χ4v) is 1.66. The molecule has 1 aliphatic heterocycles. The van der Waals surface area contributed by atoms with Gasteiger partial charge in [-0.15, -0.1) is 0 Å². The van der Waals surface area contributed by atoms with E-state index in [1.165, 1.54) is 18.6 Å². The molecule has 0 fully saturated rings. The summed E-state index contributed by atoms with van der Waals surface area (Å²) in [5.74, 6) is -0.170. The van der Waals surface area contributed by atoms with Crippen LogP contribution in [0.5, 0.6) is 5.88 Å². The van der Waals surface area contributed by atoms with Gasteiger partial charge < -0.3 is 10.1 Å². The van der Waals surface area contributed by atoms with E-state index in [-0.39, 0.29) is 18.2 Å². The lowest BCUT2D eigenvalue weighted by Crippen LogP contribution is -2.55. The van der Waals surface area contributed by atoms with Crippen molar-refractivity contribution < 1.29 is 17.9 Å². The summed E-state index contributed by atoms with van der Waals surface area (Å²) in [5.41, 5.74) is -2.89. The Hall–Kier alpha value is -2.12. The Balaban J connectivity index is 2.57. The van der Waals surface area contributed by atoms with Crippen molar-refractivity contribution >= 4 is 6.21 Å². The second kappa shape index (κ2) is 4.87. The topological polar surface area (TPSA) is 59.4 Å². The van der Waals surface area contributed by atoms with Crippen molar-refractivity contribution in [2.24, 2.45) is 4.99 Å². The van der Waals surface area contributed by atoms with Gasteiger partial charge in [0, 0.05) is 31.0 Å². The molecule has 8 heteroatoms. The Morgan fingerprint density at radius 1 is 1.32 bits per heavy atom. The molecular weight excluding hydrogens is 261 g/mol. The molecule has 1 aromatic heterocycles. The molecule has 1 atom stereocenters. The van der Waals surface area contributed by atoms with Crippen LogP contribution in [-0.2, 0) is 5.54 Å². The minimum atomic E-state index is -4.64. The predicted octanol–water partition coefficient (Wildman–Crippen LogP) is 1.78. The zero-order chi connectivity index (χ0) is 13.9. The highest BCUT2D eigenvalue weighted by Crippen LogP contribution is 2.40. The monoisotopic (exact) mass is 272 g/mol. The van der Waals surface area contributed by atoms with E-state index in [1.807, 2.05) is 0 Å². The maximum Gasteiger partial charge on any atom is 0.422 e. The molecule has 0 saturated heterocycles. The number of hydrogen-bond donors (Lipinski definition) is 1. The highest BCUT2D eigenvalue weighted by atomic mass is 19.4. The first-order valence-electron chi connectivity index (χ1n) is 5.49. The third-order valence-electron chi connectivity index (χ3n) is 2.51. The third-order valence-corrected chi connectivity index (χ3v) is 2.51. The van der Waals surface area contributed by atoms with E-state index in [0.29, 0.717) is 0 Å². The number of hydrogen-bond acceptors (Lipinski definition) is 5. The lowest BCUT2D eigenvalue weighted by atomic mass is 9.95. The van der Waals surface area contributed by atoms with Gasteiger partial charge in [0.15, 0.2) is 0 Å². The van der Waals surface area contributed by atoms with Crippen molar-refractivity contribution in [3.63, 3.8) is 0 Å². The first-order chi connectivity index (χ1) is 9.01. The highest BCUT2D eigenvalue weighted by Gasteiger charge is 2.58. The third kappa shape index (κ3) is 2.25. The van der Waals surface area contributed by atoms with Crippen molar-refractivity contribution in [1.82, 2.24) is 15.3 Å². The summed E-state index contributed by atoms with van der Waals surface area (Å²) in [4.78, 5) is 11.1. The van der Waals surface area contributed by atoms with Crippen LogP contribution in [0.25, 0.3) is 0 Å². The van der Waals surface area contributed by atoms with Crippen molar-refractivity contribution in [1.29, 1.82) is 0 Å². The average Bonchev–Trinajstić information content (AvgIpc) is 2.39. The molecule has 5 nitrogen and oxygen atoms in total. The van der Waals surface area contributed by atoms with Crippen LogP contribution < -0.4 is 10.1 Å². The van der Waals surface area contributed by atoms with Gasteiger partial charge >= 0.3 is 6.18 Å². The van der Waals surface area contributed by atoms with Crippen molar-refractivity contribution in [3.8, 4) is 5.88 Å². The number of nitrogens with one attached hydrogen (secondary N) is 1. The normalized spacial score (nSPS) is 22.1. The van der Waals surface area contributed by atoms with Gasteiger partial charge in [-0.25, -0.2) is 4.98 Å². The standard InChI is InChI=1S/C11H11F3N4O/c1-2-19-9-8(16-4-5-17-9)10(11(12,13)14)7-15-3-6-18-10/h3-7,18H,2H2,1H3. The van der Waals surface area contributed by atoms with Crippen LogP contribution in [0.3, 0.4) is 0 Å². The van der Waals surface area contributed by atoms with Gasteiger partial charge in [0.25, 0.3) is 0 Å². The summed E-state index contributed by atoms with van der Waals surface area (Å²) >= 11 is 0. The van der Waals surface area contributed by atoms with Gasteiger partial charge in [0.2, 0.25) is 11.4 Å². The lowest BCUT2D eigenvalue weighted by Gasteiger charge is -2.33. The Labute approximate surface area is 107 Å². The molecule has 0 spiro atoms. The minimum absolute atomic E-state index is 0.170. The van der Waals surface area contributed by atoms with Crippen LogP contribution in [-0.4, -0.2) is 29.0 Å². The maximum absolute atomic E-state index is 13.4. The van der Waals surface area contributed by atoms with Crippen molar-refractivity contribution in [3.05, 3.63) is 30.5 Å². The molecule has 1 aromatic rings. The Morgan fingerprint density at radius 2 is 2.05 bits per heavy atom. The van der Waals surface area contributed by atoms with E-state index >= 15 is 0 Å². The molecule has 0 bridgehead atoms. The molecule has 1 aliphatic rings. The summed E-state index contributed by atoms with van der Waals surface area (Å²) in [5, 5.41) is 2.25. The number of aliphatic imine (C=N–C) groups is 1. The van der Waals surface area contributed by atoms with Crippen molar-refractivity contribution in [2.45, 2.75) is 18.6 Å². The van der Waals surface area contributed by atoms with Crippen LogP contribution in [0.1, 0.15) is 12.6 Å². The molecule has 0 radical (unpaired) electrons. The maximum atomic E-state index is 13.4. The van der Waals surface area contributed by atoms with Gasteiger partial charge in [-0.05, 0) is 6.92 Å². The zero-order valence-corrected chi connectivity index (χ0v) is 9.98. The molecule has 19 heavy (non-hydrogen) atoms. The van der Waals surface area contributed by atoms with Gasteiger partial charge in [-0.2, -0.15) is 13.2 Å². The molecule has 2 heterocycles. The summed E-state index contributed by atoms with van der Waals surface area (Å²) in [6.07, 6.45) is 0.898. The highest BCUT2D eigenvalue weighted by molar-refractivity contribution is 5.76. The van der Waals surface area contributed by atoms with Crippen LogP contribution in [0.2, 0.25) is 0 Å². The van der Waals surface area contributed by atoms with E-state index in [4.69, 9.17) is 4.74 Å². The number of halogens is 3. The van der Waals surface area contributed by atoms with Crippen LogP contribution >= 0.6 is 0 Å². The second-order valence-corrected chi connectivity index (χ2v) is 3.69. The Kier molecular flexibility index (Phi) is 3.41. The Morgan fingerprint density at radius 3 is 2.63 bits per heavy atom. The number of ether oxygens (including phenoxy) is 1. The molecule has 2 rings (SSSR count). The summed E-state index contributed by atoms with van der Waals surface area (Å²) in [6.45, 7) is 1.84. The quantitative estimate of drug-likeness (QED) is 0.911. The summed E-state index contributed by atoms with van der Waals surface area (Å²) in [7, 11) is 0. The van der Waals surface area contributed by atoms with Gasteiger partial charge in [-0.3, -0.25) is 9.98 Å². The Bertz CT molecular complexity index is 515. The predicted molar refractivity (Wildman–Crippen MR) is 61.7 cm³/mol. The fourth-order valence-electron chi connectivity index (χ4n) is 1.66. The molecular formula is C11H11F3N4O. The van der Waals surface area contributed by atoms with E-state index in [2.05, 4.69) is 20.3 Å². The van der Waals surface area contributed by atoms with E-state index < -0.39 is 11.7 Å². The summed E-state index contributed by atoms with van der Waals surface area (Å²) < 4.78 is 45.3. The van der Waals surface area contributed by atoms with Gasteiger partial charge in [-0.1, -0.05) is 0 Å². The van der Waals surface area contributed by atoms with E-state index in [9.17, 15) is 13.2 Å². The molecule has 0 saturated carbocycles. The number of alkyl halides is 3. The fraction of sp³-hybridized carbons (Fsp3) is 0.364. The van der Waals surface area contributed by atoms with Crippen LogP contribution in [0.15, 0.2) is 29.8 Å². The second-order valence-electron chi connectivity index (χ2n) is 3.69. The lowest BCUT2D eigenvalue weighted by molar-refractivity contribution is -0.175. The van der Waals surface area contributed by atoms with Crippen LogP contribution in [0, 0.1) is 0 Å². The van der Waals surface area contributed by atoms with E-state index in [1.54, 1.807) is 6.92 Å². The number of aromatic nitrogens is 2. The first kappa shape index (κ1) is 13.3.